The van der Waals surface area contributed by atoms with Gasteiger partial charge in [0.25, 0.3) is 5.56 Å². The molecule has 0 atom stereocenters. The second-order valence-corrected chi connectivity index (χ2v) is 5.91. The molecular weight excluding hydrogens is 280 g/mol. The molecule has 3 heterocycles. The topological polar surface area (TPSA) is 68.1 Å². The molecule has 0 spiro atoms. The van der Waals surface area contributed by atoms with Crippen LogP contribution in [-0.2, 0) is 24.4 Å². The summed E-state index contributed by atoms with van der Waals surface area (Å²) in [6, 6.07) is 5.41. The zero-order valence-electron chi connectivity index (χ0n) is 12.1. The third-order valence-electron chi connectivity index (χ3n) is 4.24. The number of pyridine rings is 1. The molecule has 1 aliphatic carbocycles. The SMILES string of the molecule is O=C(Cn1cnc(C2CC2)cc1=O)N1Cc2cccnc2C1. The van der Waals surface area contributed by atoms with Crippen molar-refractivity contribution in [3.8, 4) is 0 Å². The highest BCUT2D eigenvalue weighted by Crippen LogP contribution is 2.38. The Bertz CT molecular complexity index is 770. The number of amides is 1. The number of nitrogens with zero attached hydrogens (tertiary/aromatic N) is 4. The summed E-state index contributed by atoms with van der Waals surface area (Å²) in [7, 11) is 0. The summed E-state index contributed by atoms with van der Waals surface area (Å²) in [5.41, 5.74) is 2.71. The average molecular weight is 296 g/mol. The molecule has 0 unspecified atom stereocenters. The Morgan fingerprint density at radius 1 is 1.27 bits per heavy atom. The second-order valence-electron chi connectivity index (χ2n) is 5.91. The van der Waals surface area contributed by atoms with Crippen molar-refractivity contribution in [2.75, 3.05) is 0 Å². The van der Waals surface area contributed by atoms with Crippen molar-refractivity contribution < 1.29 is 4.79 Å². The van der Waals surface area contributed by atoms with Gasteiger partial charge >= 0.3 is 0 Å². The fraction of sp³-hybridized carbons (Fsp3) is 0.375. The van der Waals surface area contributed by atoms with Gasteiger partial charge in [0, 0.05) is 24.7 Å². The maximum Gasteiger partial charge on any atom is 0.254 e. The maximum absolute atomic E-state index is 12.4. The van der Waals surface area contributed by atoms with Crippen molar-refractivity contribution in [3.63, 3.8) is 0 Å². The molecule has 4 rings (SSSR count). The second kappa shape index (κ2) is 5.05. The van der Waals surface area contributed by atoms with Crippen LogP contribution in [0.25, 0.3) is 0 Å². The van der Waals surface area contributed by atoms with E-state index in [1.54, 1.807) is 17.2 Å². The van der Waals surface area contributed by atoms with E-state index in [1.807, 2.05) is 12.1 Å². The summed E-state index contributed by atoms with van der Waals surface area (Å²) in [5.74, 6) is 0.360. The highest BCUT2D eigenvalue weighted by atomic mass is 16.2. The lowest BCUT2D eigenvalue weighted by Crippen LogP contribution is -2.33. The number of aromatic nitrogens is 3. The maximum atomic E-state index is 12.4. The highest BCUT2D eigenvalue weighted by Gasteiger charge is 2.26. The van der Waals surface area contributed by atoms with Crippen molar-refractivity contribution in [1.82, 2.24) is 19.4 Å². The molecule has 1 amide bonds. The Morgan fingerprint density at radius 2 is 2.14 bits per heavy atom. The van der Waals surface area contributed by atoms with Crippen molar-refractivity contribution >= 4 is 5.91 Å². The van der Waals surface area contributed by atoms with E-state index >= 15 is 0 Å². The minimum absolute atomic E-state index is 0.0325. The average Bonchev–Trinajstić information content (AvgIpc) is 3.27. The van der Waals surface area contributed by atoms with Crippen LogP contribution in [0.2, 0.25) is 0 Å². The molecule has 0 N–H and O–H groups in total. The molecule has 6 heteroatoms. The summed E-state index contributed by atoms with van der Waals surface area (Å²) in [6.45, 7) is 1.10. The molecule has 1 saturated carbocycles. The summed E-state index contributed by atoms with van der Waals surface area (Å²) >= 11 is 0. The van der Waals surface area contributed by atoms with E-state index in [-0.39, 0.29) is 18.0 Å². The number of fused-ring (bicyclic) bond motifs is 1. The van der Waals surface area contributed by atoms with E-state index in [9.17, 15) is 9.59 Å². The van der Waals surface area contributed by atoms with E-state index in [2.05, 4.69) is 9.97 Å². The van der Waals surface area contributed by atoms with Gasteiger partial charge in [0.2, 0.25) is 5.91 Å². The van der Waals surface area contributed by atoms with Crippen LogP contribution < -0.4 is 5.56 Å². The Kier molecular flexibility index (Phi) is 3.03. The largest absolute Gasteiger partial charge is 0.331 e. The first-order valence-electron chi connectivity index (χ1n) is 7.47. The van der Waals surface area contributed by atoms with Gasteiger partial charge in [-0.25, -0.2) is 4.98 Å². The van der Waals surface area contributed by atoms with Crippen molar-refractivity contribution in [1.29, 1.82) is 0 Å². The zero-order valence-corrected chi connectivity index (χ0v) is 12.1. The highest BCUT2D eigenvalue weighted by molar-refractivity contribution is 5.76. The van der Waals surface area contributed by atoms with Gasteiger partial charge in [0.1, 0.15) is 6.54 Å². The van der Waals surface area contributed by atoms with Crippen molar-refractivity contribution in [3.05, 3.63) is 58.0 Å². The number of rotatable bonds is 3. The van der Waals surface area contributed by atoms with Gasteiger partial charge in [-0.2, -0.15) is 0 Å². The lowest BCUT2D eigenvalue weighted by molar-refractivity contribution is -0.132. The minimum Gasteiger partial charge on any atom is -0.331 e. The van der Waals surface area contributed by atoms with Crippen LogP contribution in [0.5, 0.6) is 0 Å². The third-order valence-corrected chi connectivity index (χ3v) is 4.24. The number of hydrogen-bond donors (Lipinski definition) is 0. The van der Waals surface area contributed by atoms with E-state index in [0.29, 0.717) is 19.0 Å². The van der Waals surface area contributed by atoms with Crippen molar-refractivity contribution in [2.24, 2.45) is 0 Å². The summed E-state index contributed by atoms with van der Waals surface area (Å²) in [4.78, 5) is 34.8. The van der Waals surface area contributed by atoms with Crippen LogP contribution >= 0.6 is 0 Å². The molecule has 22 heavy (non-hydrogen) atoms. The van der Waals surface area contributed by atoms with E-state index < -0.39 is 0 Å². The summed E-state index contributed by atoms with van der Waals surface area (Å²) in [6.07, 6.45) is 5.44. The van der Waals surface area contributed by atoms with Crippen molar-refractivity contribution in [2.45, 2.75) is 38.4 Å². The van der Waals surface area contributed by atoms with Gasteiger partial charge in [0.15, 0.2) is 0 Å². The molecule has 0 radical (unpaired) electrons. The Morgan fingerprint density at radius 3 is 2.86 bits per heavy atom. The number of carbonyl (C=O) groups excluding carboxylic acids is 1. The molecule has 0 saturated heterocycles. The lowest BCUT2D eigenvalue weighted by atomic mass is 10.2. The van der Waals surface area contributed by atoms with Gasteiger partial charge in [0.05, 0.1) is 24.3 Å². The summed E-state index contributed by atoms with van der Waals surface area (Å²) < 4.78 is 1.38. The van der Waals surface area contributed by atoms with Crippen LogP contribution in [0.3, 0.4) is 0 Å². The number of carbonyl (C=O) groups is 1. The first-order chi connectivity index (χ1) is 10.7. The quantitative estimate of drug-likeness (QED) is 0.849. The van der Waals surface area contributed by atoms with Gasteiger partial charge in [-0.15, -0.1) is 0 Å². The lowest BCUT2D eigenvalue weighted by Gasteiger charge is -2.15. The van der Waals surface area contributed by atoms with Crippen LogP contribution in [0.1, 0.15) is 35.7 Å². The van der Waals surface area contributed by atoms with Gasteiger partial charge in [-0.3, -0.25) is 19.1 Å². The molecular formula is C16H16N4O2. The van der Waals surface area contributed by atoms with Crippen LogP contribution in [-0.4, -0.2) is 25.3 Å². The molecule has 1 fully saturated rings. The molecule has 112 valence electrons. The fourth-order valence-corrected chi connectivity index (χ4v) is 2.78. The van der Waals surface area contributed by atoms with Gasteiger partial charge < -0.3 is 4.90 Å². The monoisotopic (exact) mass is 296 g/mol. The third kappa shape index (κ3) is 2.41. The molecule has 0 bridgehead atoms. The number of hydrogen-bond acceptors (Lipinski definition) is 4. The summed E-state index contributed by atoms with van der Waals surface area (Å²) in [5, 5.41) is 0. The van der Waals surface area contributed by atoms with E-state index in [0.717, 1.165) is 29.8 Å². The first kappa shape index (κ1) is 13.2. The molecule has 1 aliphatic heterocycles. The predicted octanol–water partition coefficient (Wildman–Crippen LogP) is 1.06. The molecule has 2 aromatic heterocycles. The van der Waals surface area contributed by atoms with Crippen LogP contribution in [0.15, 0.2) is 35.5 Å². The standard InChI is InChI=1S/C16H16N4O2/c21-15-6-13(11-3-4-11)18-10-20(15)9-16(22)19-7-12-2-1-5-17-14(12)8-19/h1-2,5-6,10-11H,3-4,7-9H2. The van der Waals surface area contributed by atoms with Gasteiger partial charge in [-0.05, 0) is 24.5 Å². The minimum atomic E-state index is -0.153. The Hall–Kier alpha value is -2.50. The van der Waals surface area contributed by atoms with Crippen LogP contribution in [0, 0.1) is 0 Å². The van der Waals surface area contributed by atoms with Crippen LogP contribution in [0.4, 0.5) is 0 Å². The Labute approximate surface area is 127 Å². The zero-order chi connectivity index (χ0) is 15.1. The predicted molar refractivity (Wildman–Crippen MR) is 79.0 cm³/mol. The van der Waals surface area contributed by atoms with Gasteiger partial charge in [-0.1, -0.05) is 6.07 Å². The van der Waals surface area contributed by atoms with E-state index in [1.165, 1.54) is 10.9 Å². The normalized spacial score (nSPS) is 16.6. The molecule has 2 aliphatic rings. The molecule has 0 aromatic carbocycles. The molecule has 2 aromatic rings. The Balaban J connectivity index is 1.48. The smallest absolute Gasteiger partial charge is 0.254 e. The van der Waals surface area contributed by atoms with E-state index in [4.69, 9.17) is 0 Å². The fourth-order valence-electron chi connectivity index (χ4n) is 2.78. The first-order valence-corrected chi connectivity index (χ1v) is 7.47. The molecule has 6 nitrogen and oxygen atoms in total.